The summed E-state index contributed by atoms with van der Waals surface area (Å²) in [4.78, 5) is 13.8. The number of ether oxygens (including phenoxy) is 2. The van der Waals surface area contributed by atoms with E-state index in [0.29, 0.717) is 30.4 Å². The van der Waals surface area contributed by atoms with Gasteiger partial charge in [-0.05, 0) is 32.0 Å². The van der Waals surface area contributed by atoms with Crippen molar-refractivity contribution in [2.24, 2.45) is 0 Å². The molecule has 0 saturated carbocycles. The van der Waals surface area contributed by atoms with Gasteiger partial charge in [-0.2, -0.15) is 5.26 Å². The topological polar surface area (TPSA) is 71.3 Å². The number of carbonyl (C=O) groups is 1. The number of hydrogen-bond donors (Lipinski definition) is 1. The summed E-state index contributed by atoms with van der Waals surface area (Å²) in [5, 5.41) is 11.4. The summed E-state index contributed by atoms with van der Waals surface area (Å²) in [6.45, 7) is 4.75. The highest BCUT2D eigenvalue weighted by molar-refractivity contribution is 7.99. The number of rotatable bonds is 8. The van der Waals surface area contributed by atoms with Crippen LogP contribution in [0.1, 0.15) is 20.3 Å². The highest BCUT2D eigenvalue weighted by Crippen LogP contribution is 2.41. The van der Waals surface area contributed by atoms with Gasteiger partial charge in [-0.3, -0.25) is 4.79 Å². The molecule has 0 saturated heterocycles. The highest BCUT2D eigenvalue weighted by atomic mass is 32.2. The van der Waals surface area contributed by atoms with Crippen LogP contribution in [0.5, 0.6) is 11.5 Å². The second-order valence-electron chi connectivity index (χ2n) is 4.96. The molecule has 0 unspecified atom stereocenters. The van der Waals surface area contributed by atoms with Crippen molar-refractivity contribution >= 4 is 23.4 Å². The van der Waals surface area contributed by atoms with Crippen molar-refractivity contribution in [1.29, 1.82) is 5.26 Å². The molecule has 2 aromatic rings. The van der Waals surface area contributed by atoms with Gasteiger partial charge in [-0.1, -0.05) is 30.0 Å². The number of benzene rings is 2. The van der Waals surface area contributed by atoms with Crippen molar-refractivity contribution in [3.8, 4) is 17.6 Å². The summed E-state index contributed by atoms with van der Waals surface area (Å²) in [5.41, 5.74) is 0.503. The predicted molar refractivity (Wildman–Crippen MR) is 98.2 cm³/mol. The van der Waals surface area contributed by atoms with Crippen LogP contribution in [0.15, 0.2) is 52.3 Å². The van der Waals surface area contributed by atoms with E-state index in [1.54, 1.807) is 17.8 Å². The Bertz CT molecular complexity index is 757. The summed E-state index contributed by atoms with van der Waals surface area (Å²) in [7, 11) is 0. The molecule has 0 fully saturated rings. The number of nitrogens with zero attached hydrogens (tertiary/aromatic N) is 1. The minimum Gasteiger partial charge on any atom is -0.493 e. The number of hydrogen-bond acceptors (Lipinski definition) is 5. The molecule has 1 amide bonds. The van der Waals surface area contributed by atoms with E-state index >= 15 is 0 Å². The van der Waals surface area contributed by atoms with Crippen molar-refractivity contribution < 1.29 is 14.3 Å². The van der Waals surface area contributed by atoms with Crippen LogP contribution in [0.4, 0.5) is 5.69 Å². The third-order valence-electron chi connectivity index (χ3n) is 3.13. The Labute approximate surface area is 151 Å². The number of nitriles is 1. The third-order valence-corrected chi connectivity index (χ3v) is 4.18. The quantitative estimate of drug-likeness (QED) is 0.755. The zero-order valence-corrected chi connectivity index (χ0v) is 15.1. The van der Waals surface area contributed by atoms with E-state index in [2.05, 4.69) is 5.32 Å². The molecule has 130 valence electrons. The fraction of sp³-hybridized carbons (Fsp3) is 0.263. The molecule has 1 N–H and O–H groups in total. The maximum absolute atomic E-state index is 11.8. The van der Waals surface area contributed by atoms with E-state index in [-0.39, 0.29) is 12.3 Å². The molecule has 2 rings (SSSR count). The van der Waals surface area contributed by atoms with Crippen LogP contribution >= 0.6 is 11.8 Å². The number of carbonyl (C=O) groups excluding carboxylic acids is 1. The van der Waals surface area contributed by atoms with Gasteiger partial charge in [0.05, 0.1) is 29.9 Å². The van der Waals surface area contributed by atoms with Crippen LogP contribution in [-0.4, -0.2) is 19.1 Å². The van der Waals surface area contributed by atoms with Crippen molar-refractivity contribution in [2.75, 3.05) is 18.5 Å². The molecule has 0 aliphatic carbocycles. The Morgan fingerprint density at radius 3 is 2.44 bits per heavy atom. The second kappa shape index (κ2) is 9.60. The van der Waals surface area contributed by atoms with E-state index in [1.165, 1.54) is 0 Å². The first-order chi connectivity index (χ1) is 12.2. The fourth-order valence-corrected chi connectivity index (χ4v) is 3.08. The van der Waals surface area contributed by atoms with E-state index in [9.17, 15) is 4.79 Å². The first kappa shape index (κ1) is 18.7. The lowest BCUT2D eigenvalue weighted by atomic mass is 10.2. The molecule has 0 aliphatic heterocycles. The van der Waals surface area contributed by atoms with Gasteiger partial charge < -0.3 is 14.8 Å². The van der Waals surface area contributed by atoms with Gasteiger partial charge in [0.1, 0.15) is 17.9 Å². The lowest BCUT2D eigenvalue weighted by Gasteiger charge is -2.16. The zero-order valence-electron chi connectivity index (χ0n) is 14.2. The average molecular weight is 356 g/mol. The van der Waals surface area contributed by atoms with Gasteiger partial charge in [0.25, 0.3) is 0 Å². The molecule has 6 heteroatoms. The van der Waals surface area contributed by atoms with Gasteiger partial charge in [0.2, 0.25) is 5.91 Å². The van der Waals surface area contributed by atoms with E-state index < -0.39 is 0 Å². The molecule has 0 bridgehead atoms. The zero-order chi connectivity index (χ0) is 18.1. The Morgan fingerprint density at radius 2 is 1.80 bits per heavy atom. The molecule has 5 nitrogen and oxygen atoms in total. The smallest absolute Gasteiger partial charge is 0.238 e. The van der Waals surface area contributed by atoms with Crippen LogP contribution in [0, 0.1) is 11.3 Å². The summed E-state index contributed by atoms with van der Waals surface area (Å²) in [5.74, 6) is 0.831. The Kier molecular flexibility index (Phi) is 7.17. The maximum Gasteiger partial charge on any atom is 0.238 e. The molecule has 0 aliphatic rings. The molecule has 0 atom stereocenters. The second-order valence-corrected chi connectivity index (χ2v) is 6.07. The molecule has 2 aromatic carbocycles. The van der Waals surface area contributed by atoms with E-state index in [4.69, 9.17) is 14.7 Å². The van der Waals surface area contributed by atoms with Crippen molar-refractivity contribution in [2.45, 2.75) is 30.1 Å². The first-order valence-corrected chi connectivity index (χ1v) is 8.82. The third kappa shape index (κ3) is 5.44. The number of anilines is 1. The monoisotopic (exact) mass is 356 g/mol. The van der Waals surface area contributed by atoms with Crippen molar-refractivity contribution in [3.05, 3.63) is 42.5 Å². The average Bonchev–Trinajstić information content (AvgIpc) is 2.60. The number of nitrogens with one attached hydrogen (secondary N) is 1. The molecule has 0 radical (unpaired) electrons. The van der Waals surface area contributed by atoms with Crippen LogP contribution in [0.3, 0.4) is 0 Å². The van der Waals surface area contributed by atoms with Crippen LogP contribution < -0.4 is 14.8 Å². The van der Waals surface area contributed by atoms with E-state index in [0.717, 1.165) is 9.79 Å². The van der Waals surface area contributed by atoms with Crippen molar-refractivity contribution in [1.82, 2.24) is 0 Å². The summed E-state index contributed by atoms with van der Waals surface area (Å²) >= 11 is 1.56. The Morgan fingerprint density at radius 1 is 1.12 bits per heavy atom. The van der Waals surface area contributed by atoms with Crippen LogP contribution in [0.2, 0.25) is 0 Å². The summed E-state index contributed by atoms with van der Waals surface area (Å²) < 4.78 is 11.4. The molecular weight excluding hydrogens is 336 g/mol. The highest BCUT2D eigenvalue weighted by Gasteiger charge is 2.15. The predicted octanol–water partition coefficient (Wildman–Crippen LogP) is 4.49. The molecule has 0 spiro atoms. The molecular formula is C19H20N2O3S. The summed E-state index contributed by atoms with van der Waals surface area (Å²) in [6, 6.07) is 15.4. The Balaban J connectivity index is 2.39. The lowest BCUT2D eigenvalue weighted by Crippen LogP contribution is -2.12. The fourth-order valence-electron chi connectivity index (χ4n) is 2.14. The minimum atomic E-state index is -0.380. The van der Waals surface area contributed by atoms with E-state index in [1.807, 2.05) is 56.3 Å². The SMILES string of the molecule is CCOc1cc(Sc2ccccc2)c(OCC)cc1NC(=O)CC#N. The van der Waals surface area contributed by atoms with Crippen molar-refractivity contribution in [3.63, 3.8) is 0 Å². The largest absolute Gasteiger partial charge is 0.493 e. The molecule has 0 heterocycles. The van der Waals surface area contributed by atoms with Crippen LogP contribution in [0.25, 0.3) is 0 Å². The van der Waals surface area contributed by atoms with Gasteiger partial charge in [0.15, 0.2) is 0 Å². The summed E-state index contributed by atoms with van der Waals surface area (Å²) in [6.07, 6.45) is -0.212. The Hall–Kier alpha value is -2.65. The van der Waals surface area contributed by atoms with Crippen LogP contribution in [-0.2, 0) is 4.79 Å². The van der Waals surface area contributed by atoms with Gasteiger partial charge in [-0.15, -0.1) is 0 Å². The standard InChI is InChI=1S/C19H20N2O3S/c1-3-23-16-13-18(25-14-8-6-5-7-9-14)17(24-4-2)12-15(16)21-19(22)10-11-20/h5-9,12-13H,3-4,10H2,1-2H3,(H,21,22). The number of amides is 1. The molecule has 25 heavy (non-hydrogen) atoms. The van der Waals surface area contributed by atoms with Gasteiger partial charge >= 0.3 is 0 Å². The lowest BCUT2D eigenvalue weighted by molar-refractivity contribution is -0.115. The first-order valence-electron chi connectivity index (χ1n) is 8.01. The normalized spacial score (nSPS) is 9.96. The molecule has 0 aromatic heterocycles. The minimum absolute atomic E-state index is 0.212. The van der Waals surface area contributed by atoms with Gasteiger partial charge in [0, 0.05) is 11.0 Å². The maximum atomic E-state index is 11.8. The van der Waals surface area contributed by atoms with Gasteiger partial charge in [-0.25, -0.2) is 0 Å².